The predicted octanol–water partition coefficient (Wildman–Crippen LogP) is 2.86. The maximum absolute atomic E-state index is 4.61. The van der Waals surface area contributed by atoms with Gasteiger partial charge in [-0.2, -0.15) is 0 Å². The summed E-state index contributed by atoms with van der Waals surface area (Å²) in [5.41, 5.74) is 3.60. The SMILES string of the molecule is CCc1ccc(C2=NCC(C)CC2)cn1. The molecular formula is C13H18N2. The molecule has 80 valence electrons. The van der Waals surface area contributed by atoms with Crippen LogP contribution < -0.4 is 0 Å². The third-order valence-electron chi connectivity index (χ3n) is 2.99. The van der Waals surface area contributed by atoms with Crippen molar-refractivity contribution in [2.24, 2.45) is 10.9 Å². The average molecular weight is 202 g/mol. The Bertz CT molecular complexity index is 351. The van der Waals surface area contributed by atoms with Crippen LogP contribution in [0, 0.1) is 5.92 Å². The standard InChI is InChI=1S/C13H18N2/c1-3-12-6-5-11(9-14-12)13-7-4-10(2)8-15-13/h5-6,9-10H,3-4,7-8H2,1-2H3. The topological polar surface area (TPSA) is 25.2 Å². The highest BCUT2D eigenvalue weighted by Gasteiger charge is 2.12. The van der Waals surface area contributed by atoms with Gasteiger partial charge in [0.15, 0.2) is 0 Å². The maximum atomic E-state index is 4.61. The molecule has 0 fully saturated rings. The van der Waals surface area contributed by atoms with Gasteiger partial charge in [0, 0.05) is 29.7 Å². The molecule has 0 aliphatic carbocycles. The molecule has 1 aromatic heterocycles. The summed E-state index contributed by atoms with van der Waals surface area (Å²) in [6, 6.07) is 4.26. The zero-order valence-electron chi connectivity index (χ0n) is 9.53. The first kappa shape index (κ1) is 10.3. The summed E-state index contributed by atoms with van der Waals surface area (Å²) >= 11 is 0. The number of pyridine rings is 1. The summed E-state index contributed by atoms with van der Waals surface area (Å²) in [7, 11) is 0. The highest BCUT2D eigenvalue weighted by atomic mass is 14.8. The second-order valence-corrected chi connectivity index (χ2v) is 4.32. The number of aryl methyl sites for hydroxylation is 1. The molecule has 1 unspecified atom stereocenters. The molecule has 0 aromatic carbocycles. The number of aromatic nitrogens is 1. The molecule has 0 bridgehead atoms. The van der Waals surface area contributed by atoms with Crippen LogP contribution in [-0.2, 0) is 6.42 Å². The Kier molecular flexibility index (Phi) is 3.14. The van der Waals surface area contributed by atoms with Gasteiger partial charge in [0.25, 0.3) is 0 Å². The fourth-order valence-corrected chi connectivity index (χ4v) is 1.86. The van der Waals surface area contributed by atoms with Crippen molar-refractivity contribution < 1.29 is 0 Å². The van der Waals surface area contributed by atoms with E-state index in [1.807, 2.05) is 6.20 Å². The second kappa shape index (κ2) is 4.56. The molecule has 0 N–H and O–H groups in total. The van der Waals surface area contributed by atoms with Crippen LogP contribution in [0.4, 0.5) is 0 Å². The summed E-state index contributed by atoms with van der Waals surface area (Å²) in [6.45, 7) is 5.37. The van der Waals surface area contributed by atoms with Crippen molar-refractivity contribution >= 4 is 5.71 Å². The van der Waals surface area contributed by atoms with E-state index in [2.05, 4.69) is 36.0 Å². The van der Waals surface area contributed by atoms with Gasteiger partial charge < -0.3 is 0 Å². The zero-order valence-corrected chi connectivity index (χ0v) is 9.53. The lowest BCUT2D eigenvalue weighted by atomic mass is 9.96. The molecule has 2 heteroatoms. The lowest BCUT2D eigenvalue weighted by Crippen LogP contribution is -2.14. The summed E-state index contributed by atoms with van der Waals surface area (Å²) in [5.74, 6) is 0.747. The lowest BCUT2D eigenvalue weighted by molar-refractivity contribution is 0.538. The summed E-state index contributed by atoms with van der Waals surface area (Å²) in [5, 5.41) is 0. The third-order valence-corrected chi connectivity index (χ3v) is 2.99. The molecule has 2 rings (SSSR count). The van der Waals surface area contributed by atoms with E-state index in [0.717, 1.165) is 31.0 Å². The van der Waals surface area contributed by atoms with Crippen molar-refractivity contribution in [2.45, 2.75) is 33.1 Å². The van der Waals surface area contributed by atoms with Crippen LogP contribution in [-0.4, -0.2) is 17.2 Å². The highest BCUT2D eigenvalue weighted by molar-refractivity contribution is 6.00. The van der Waals surface area contributed by atoms with Crippen LogP contribution >= 0.6 is 0 Å². The van der Waals surface area contributed by atoms with E-state index in [1.165, 1.54) is 17.7 Å². The molecule has 0 saturated carbocycles. The molecule has 1 aliphatic rings. The molecule has 0 amide bonds. The van der Waals surface area contributed by atoms with E-state index >= 15 is 0 Å². The monoisotopic (exact) mass is 202 g/mol. The summed E-state index contributed by atoms with van der Waals surface area (Å²) < 4.78 is 0. The van der Waals surface area contributed by atoms with E-state index in [0.29, 0.717) is 0 Å². The van der Waals surface area contributed by atoms with E-state index in [-0.39, 0.29) is 0 Å². The van der Waals surface area contributed by atoms with Gasteiger partial charge in [-0.3, -0.25) is 9.98 Å². The van der Waals surface area contributed by atoms with E-state index in [4.69, 9.17) is 0 Å². The molecule has 2 nitrogen and oxygen atoms in total. The van der Waals surface area contributed by atoms with E-state index < -0.39 is 0 Å². The molecule has 1 aromatic rings. The van der Waals surface area contributed by atoms with Crippen molar-refractivity contribution in [3.8, 4) is 0 Å². The Morgan fingerprint density at radius 1 is 1.40 bits per heavy atom. The minimum Gasteiger partial charge on any atom is -0.289 e. The predicted molar refractivity (Wildman–Crippen MR) is 63.4 cm³/mol. The van der Waals surface area contributed by atoms with Crippen LogP contribution in [0.25, 0.3) is 0 Å². The largest absolute Gasteiger partial charge is 0.289 e. The first-order valence-electron chi connectivity index (χ1n) is 5.78. The van der Waals surface area contributed by atoms with Crippen LogP contribution in [0.2, 0.25) is 0 Å². The van der Waals surface area contributed by atoms with Gasteiger partial charge in [-0.1, -0.05) is 13.8 Å². The van der Waals surface area contributed by atoms with Gasteiger partial charge in [-0.15, -0.1) is 0 Å². The normalized spacial score (nSPS) is 21.2. The third kappa shape index (κ3) is 2.44. The minimum atomic E-state index is 0.747. The Hall–Kier alpha value is -1.18. The Morgan fingerprint density at radius 3 is 2.80 bits per heavy atom. The summed E-state index contributed by atoms with van der Waals surface area (Å²) in [4.78, 5) is 9.02. The smallest absolute Gasteiger partial charge is 0.0436 e. The van der Waals surface area contributed by atoms with E-state index in [9.17, 15) is 0 Å². The van der Waals surface area contributed by atoms with Crippen molar-refractivity contribution in [1.29, 1.82) is 0 Å². The number of hydrogen-bond donors (Lipinski definition) is 0. The molecule has 15 heavy (non-hydrogen) atoms. The van der Waals surface area contributed by atoms with Crippen molar-refractivity contribution in [3.63, 3.8) is 0 Å². The highest BCUT2D eigenvalue weighted by Crippen LogP contribution is 2.17. The summed E-state index contributed by atoms with van der Waals surface area (Å²) in [6.07, 6.45) is 5.33. The Labute approximate surface area is 91.5 Å². The first-order valence-corrected chi connectivity index (χ1v) is 5.78. The van der Waals surface area contributed by atoms with Crippen LogP contribution in [0.3, 0.4) is 0 Å². The van der Waals surface area contributed by atoms with Crippen LogP contribution in [0.5, 0.6) is 0 Å². The van der Waals surface area contributed by atoms with Crippen molar-refractivity contribution in [3.05, 3.63) is 29.6 Å². The van der Waals surface area contributed by atoms with Crippen LogP contribution in [0.15, 0.2) is 23.3 Å². The van der Waals surface area contributed by atoms with E-state index in [1.54, 1.807) is 0 Å². The number of nitrogens with zero attached hydrogens (tertiary/aromatic N) is 2. The molecule has 1 aliphatic heterocycles. The molecule has 1 atom stereocenters. The minimum absolute atomic E-state index is 0.747. The Balaban J connectivity index is 2.16. The first-order chi connectivity index (χ1) is 7.29. The lowest BCUT2D eigenvalue weighted by Gasteiger charge is -2.17. The number of hydrogen-bond acceptors (Lipinski definition) is 2. The maximum Gasteiger partial charge on any atom is 0.0436 e. The van der Waals surface area contributed by atoms with Crippen molar-refractivity contribution in [2.75, 3.05) is 6.54 Å². The molecule has 0 spiro atoms. The van der Waals surface area contributed by atoms with Gasteiger partial charge in [-0.25, -0.2) is 0 Å². The fraction of sp³-hybridized carbons (Fsp3) is 0.538. The quantitative estimate of drug-likeness (QED) is 0.724. The molecule has 0 saturated heterocycles. The molecular weight excluding hydrogens is 184 g/mol. The number of rotatable bonds is 2. The van der Waals surface area contributed by atoms with Crippen LogP contribution in [0.1, 0.15) is 37.9 Å². The molecule has 0 radical (unpaired) electrons. The zero-order chi connectivity index (χ0) is 10.7. The average Bonchev–Trinajstić information content (AvgIpc) is 2.30. The van der Waals surface area contributed by atoms with Gasteiger partial charge in [0.2, 0.25) is 0 Å². The fourth-order valence-electron chi connectivity index (χ4n) is 1.86. The van der Waals surface area contributed by atoms with Crippen molar-refractivity contribution in [1.82, 2.24) is 4.98 Å². The number of aliphatic imine (C=N–C) groups is 1. The Morgan fingerprint density at radius 2 is 2.27 bits per heavy atom. The van der Waals surface area contributed by atoms with Gasteiger partial charge in [-0.05, 0) is 37.3 Å². The van der Waals surface area contributed by atoms with Gasteiger partial charge in [0.05, 0.1) is 0 Å². The molecule has 2 heterocycles. The second-order valence-electron chi connectivity index (χ2n) is 4.32. The van der Waals surface area contributed by atoms with Gasteiger partial charge in [0.1, 0.15) is 0 Å². The van der Waals surface area contributed by atoms with Gasteiger partial charge >= 0.3 is 0 Å².